The lowest BCUT2D eigenvalue weighted by molar-refractivity contribution is 0.307. The molecule has 1 aromatic rings. The molecule has 1 aromatic carbocycles. The zero-order valence-corrected chi connectivity index (χ0v) is 7.38. The highest BCUT2D eigenvalue weighted by Crippen LogP contribution is 2.36. The predicted molar refractivity (Wildman–Crippen MR) is 51.0 cm³/mol. The molecule has 0 saturated carbocycles. The molecule has 0 atom stereocenters. The van der Waals surface area contributed by atoms with Crippen molar-refractivity contribution >= 4 is 6.21 Å². The van der Waals surface area contributed by atoms with Crippen molar-refractivity contribution in [3.8, 4) is 17.2 Å². The van der Waals surface area contributed by atoms with E-state index in [1.807, 2.05) is 0 Å². The van der Waals surface area contributed by atoms with E-state index < -0.39 is 11.5 Å². The zero-order valence-electron chi connectivity index (χ0n) is 7.38. The van der Waals surface area contributed by atoms with Crippen molar-refractivity contribution in [2.24, 2.45) is 4.99 Å². The van der Waals surface area contributed by atoms with Gasteiger partial charge in [-0.25, -0.2) is 0 Å². The molecule has 0 aromatic heterocycles. The second-order valence-electron chi connectivity index (χ2n) is 2.63. The molecule has 0 saturated heterocycles. The smallest absolute Gasteiger partial charge is 0.200 e. The third kappa shape index (κ3) is 2.14. The number of aliphatic hydroxyl groups excluding tert-OH is 1. The average molecular weight is 197 g/mol. The Hall–Kier alpha value is -1.75. The summed E-state index contributed by atoms with van der Waals surface area (Å²) in [6.07, 6.45) is 1.31. The van der Waals surface area contributed by atoms with Crippen molar-refractivity contribution in [1.82, 2.24) is 0 Å². The molecule has 0 aliphatic rings. The normalized spacial score (nSPS) is 10.9. The first-order chi connectivity index (χ1) is 6.66. The number of rotatable bonds is 3. The fraction of sp³-hybridized carbons (Fsp3) is 0.222. The fourth-order valence-electron chi connectivity index (χ4n) is 0.909. The van der Waals surface area contributed by atoms with Gasteiger partial charge < -0.3 is 20.4 Å². The van der Waals surface area contributed by atoms with Gasteiger partial charge in [-0.15, -0.1) is 0 Å². The van der Waals surface area contributed by atoms with E-state index in [2.05, 4.69) is 4.99 Å². The van der Waals surface area contributed by atoms with Gasteiger partial charge in [0.05, 0.1) is 13.2 Å². The Morgan fingerprint density at radius 3 is 2.50 bits per heavy atom. The summed E-state index contributed by atoms with van der Waals surface area (Å²) in [6.45, 7) is 0.141. The van der Waals surface area contributed by atoms with Gasteiger partial charge in [0.1, 0.15) is 0 Å². The minimum absolute atomic E-state index is 0.0820. The first-order valence-electron chi connectivity index (χ1n) is 4.01. The van der Waals surface area contributed by atoms with Crippen LogP contribution in [0.5, 0.6) is 17.2 Å². The first-order valence-corrected chi connectivity index (χ1v) is 4.01. The molecular weight excluding hydrogens is 186 g/mol. The number of aromatic hydroxyl groups is 3. The van der Waals surface area contributed by atoms with E-state index in [4.69, 9.17) is 15.3 Å². The summed E-state index contributed by atoms with van der Waals surface area (Å²) in [5, 5.41) is 35.9. The third-order valence-corrected chi connectivity index (χ3v) is 1.62. The third-order valence-electron chi connectivity index (χ3n) is 1.62. The highest BCUT2D eigenvalue weighted by molar-refractivity contribution is 5.85. The van der Waals surface area contributed by atoms with Gasteiger partial charge in [-0.2, -0.15) is 0 Å². The van der Waals surface area contributed by atoms with Crippen LogP contribution in [0.3, 0.4) is 0 Å². The molecule has 0 radical (unpaired) electrons. The maximum absolute atomic E-state index is 9.31. The van der Waals surface area contributed by atoms with Gasteiger partial charge in [-0.3, -0.25) is 4.99 Å². The Bertz CT molecular complexity index is 349. The average Bonchev–Trinajstić information content (AvgIpc) is 2.18. The molecule has 0 bridgehead atoms. The molecule has 0 spiro atoms. The standard InChI is InChI=1S/C9H11NO4/c11-4-3-10-5-6-1-2-7(12)9(14)8(6)13/h1-2,5,11-14H,3-4H2/b10-5+. The van der Waals surface area contributed by atoms with Crippen LogP contribution in [-0.2, 0) is 0 Å². The van der Waals surface area contributed by atoms with Crippen molar-refractivity contribution in [2.45, 2.75) is 0 Å². The van der Waals surface area contributed by atoms with E-state index >= 15 is 0 Å². The number of hydrogen-bond acceptors (Lipinski definition) is 5. The fourth-order valence-corrected chi connectivity index (χ4v) is 0.909. The van der Waals surface area contributed by atoms with Crippen LogP contribution in [0, 0.1) is 0 Å². The van der Waals surface area contributed by atoms with Crippen molar-refractivity contribution in [3.05, 3.63) is 17.7 Å². The lowest BCUT2D eigenvalue weighted by Crippen LogP contribution is -1.89. The highest BCUT2D eigenvalue weighted by atomic mass is 16.3. The molecule has 5 nitrogen and oxygen atoms in total. The number of nitrogens with zero attached hydrogens (tertiary/aromatic N) is 1. The van der Waals surface area contributed by atoms with E-state index in [1.165, 1.54) is 18.3 Å². The Morgan fingerprint density at radius 2 is 1.86 bits per heavy atom. The van der Waals surface area contributed by atoms with Gasteiger partial charge in [-0.1, -0.05) is 0 Å². The minimum atomic E-state index is -0.571. The molecule has 1 rings (SSSR count). The molecule has 0 heterocycles. The number of phenolic OH excluding ortho intramolecular Hbond substituents is 3. The maximum atomic E-state index is 9.31. The summed E-state index contributed by atoms with van der Waals surface area (Å²) < 4.78 is 0. The van der Waals surface area contributed by atoms with Crippen molar-refractivity contribution in [3.63, 3.8) is 0 Å². The molecule has 0 aliphatic heterocycles. The summed E-state index contributed by atoms with van der Waals surface area (Å²) in [5.41, 5.74) is 0.286. The molecule has 14 heavy (non-hydrogen) atoms. The van der Waals surface area contributed by atoms with Crippen molar-refractivity contribution < 1.29 is 20.4 Å². The summed E-state index contributed by atoms with van der Waals surface area (Å²) >= 11 is 0. The number of phenols is 3. The van der Waals surface area contributed by atoms with Crippen LogP contribution in [0.2, 0.25) is 0 Å². The van der Waals surface area contributed by atoms with Gasteiger partial charge in [0.25, 0.3) is 0 Å². The number of aliphatic imine (C=N–C) groups is 1. The van der Waals surface area contributed by atoms with Gasteiger partial charge in [0, 0.05) is 11.8 Å². The van der Waals surface area contributed by atoms with Gasteiger partial charge in [-0.05, 0) is 12.1 Å². The molecule has 4 N–H and O–H groups in total. The van der Waals surface area contributed by atoms with Crippen LogP contribution in [-0.4, -0.2) is 39.8 Å². The SMILES string of the molecule is OCC/N=C/c1ccc(O)c(O)c1O. The van der Waals surface area contributed by atoms with Crippen LogP contribution >= 0.6 is 0 Å². The topological polar surface area (TPSA) is 93.3 Å². The molecule has 0 fully saturated rings. The van der Waals surface area contributed by atoms with Crippen LogP contribution in [0.25, 0.3) is 0 Å². The Balaban J connectivity index is 2.94. The molecular formula is C9H11NO4. The summed E-state index contributed by atoms with van der Waals surface area (Å²) in [4.78, 5) is 3.76. The lowest BCUT2D eigenvalue weighted by Gasteiger charge is -2.02. The first kappa shape index (κ1) is 10.3. The van der Waals surface area contributed by atoms with Crippen LogP contribution in [0.15, 0.2) is 17.1 Å². The van der Waals surface area contributed by atoms with Crippen LogP contribution in [0.1, 0.15) is 5.56 Å². The molecule has 5 heteroatoms. The summed E-state index contributed by atoms with van der Waals surface area (Å²) in [7, 11) is 0. The Labute approximate surface area is 80.6 Å². The van der Waals surface area contributed by atoms with Crippen LogP contribution < -0.4 is 0 Å². The quantitative estimate of drug-likeness (QED) is 0.411. The Kier molecular flexibility index (Phi) is 3.30. The second kappa shape index (κ2) is 4.48. The highest BCUT2D eigenvalue weighted by Gasteiger charge is 2.08. The zero-order chi connectivity index (χ0) is 10.6. The molecule has 0 amide bonds. The number of hydrogen-bond donors (Lipinski definition) is 4. The van der Waals surface area contributed by atoms with Crippen molar-refractivity contribution in [1.29, 1.82) is 0 Å². The van der Waals surface area contributed by atoms with Gasteiger partial charge in [0.15, 0.2) is 11.5 Å². The summed E-state index contributed by atoms with van der Waals surface area (Å²) in [6, 6.07) is 2.65. The number of aliphatic hydroxyl groups is 1. The van der Waals surface area contributed by atoms with Crippen LogP contribution in [0.4, 0.5) is 0 Å². The monoisotopic (exact) mass is 197 g/mol. The Morgan fingerprint density at radius 1 is 1.14 bits per heavy atom. The second-order valence-corrected chi connectivity index (χ2v) is 2.63. The number of benzene rings is 1. The molecule has 0 aliphatic carbocycles. The van der Waals surface area contributed by atoms with Gasteiger partial charge >= 0.3 is 0 Å². The predicted octanol–water partition coefficient (Wildman–Crippen LogP) is 0.215. The largest absolute Gasteiger partial charge is 0.504 e. The lowest BCUT2D eigenvalue weighted by atomic mass is 10.2. The van der Waals surface area contributed by atoms with E-state index in [9.17, 15) is 5.11 Å². The van der Waals surface area contributed by atoms with E-state index in [0.29, 0.717) is 0 Å². The van der Waals surface area contributed by atoms with E-state index in [-0.39, 0.29) is 24.5 Å². The molecule has 0 unspecified atom stereocenters. The molecule has 76 valence electrons. The maximum Gasteiger partial charge on any atom is 0.200 e. The van der Waals surface area contributed by atoms with E-state index in [1.54, 1.807) is 0 Å². The van der Waals surface area contributed by atoms with Crippen molar-refractivity contribution in [2.75, 3.05) is 13.2 Å². The van der Waals surface area contributed by atoms with E-state index in [0.717, 1.165) is 0 Å². The summed E-state index contributed by atoms with van der Waals surface area (Å²) in [5.74, 6) is -1.38. The minimum Gasteiger partial charge on any atom is -0.504 e. The van der Waals surface area contributed by atoms with Gasteiger partial charge in [0.2, 0.25) is 5.75 Å².